The molecule has 2 aliphatic rings. The molecule has 4 heterocycles. The Balaban J connectivity index is 1.17. The number of phenols is 1. The van der Waals surface area contributed by atoms with Crippen LogP contribution < -0.4 is 15.5 Å². The number of para-hydroxylation sites is 1. The number of amides is 1. The molecule has 4 N–H and O–H groups in total. The van der Waals surface area contributed by atoms with Crippen molar-refractivity contribution in [2.24, 2.45) is 0 Å². The molecule has 12 nitrogen and oxygen atoms in total. The molecule has 2 saturated heterocycles. The average molecular weight is 588 g/mol. The van der Waals surface area contributed by atoms with E-state index < -0.39 is 5.60 Å². The van der Waals surface area contributed by atoms with E-state index in [4.69, 9.17) is 20.1 Å². The summed E-state index contributed by atoms with van der Waals surface area (Å²) in [7, 11) is 1.68. The fourth-order valence-corrected chi connectivity index (χ4v) is 5.50. The molecule has 0 atom stereocenters. The van der Waals surface area contributed by atoms with E-state index in [9.17, 15) is 9.90 Å². The Bertz CT molecular complexity index is 1430. The number of aromatic hydroxyl groups is 1. The molecule has 2 fully saturated rings. The largest absolute Gasteiger partial charge is 0.507 e. The number of nitrogens with one attached hydrogen (secondary N) is 3. The van der Waals surface area contributed by atoms with Crippen molar-refractivity contribution in [2.45, 2.75) is 64.0 Å². The van der Waals surface area contributed by atoms with Gasteiger partial charge in [0.2, 0.25) is 5.95 Å². The van der Waals surface area contributed by atoms with Crippen molar-refractivity contribution in [3.05, 3.63) is 54.0 Å². The molecule has 0 saturated carbocycles. The molecule has 0 unspecified atom stereocenters. The maximum Gasteiger partial charge on any atom is 0.410 e. The number of amidine groups is 1. The van der Waals surface area contributed by atoms with E-state index in [1.807, 2.05) is 45.3 Å². The number of hydrogen-bond acceptors (Lipinski definition) is 10. The predicted molar refractivity (Wildman–Crippen MR) is 166 cm³/mol. The zero-order valence-corrected chi connectivity index (χ0v) is 25.3. The number of carbonyl (C=O) groups excluding carboxylic acids is 1. The number of rotatable bonds is 6. The van der Waals surface area contributed by atoms with Gasteiger partial charge >= 0.3 is 6.09 Å². The van der Waals surface area contributed by atoms with Gasteiger partial charge in [-0.25, -0.2) is 14.8 Å². The molecule has 0 bridgehead atoms. The van der Waals surface area contributed by atoms with Crippen molar-refractivity contribution in [3.8, 4) is 17.0 Å². The second-order valence-corrected chi connectivity index (χ2v) is 12.1. The van der Waals surface area contributed by atoms with Crippen LogP contribution in [0.1, 0.15) is 63.6 Å². The number of carbonyl (C=O) groups is 1. The first-order valence-electron chi connectivity index (χ1n) is 14.9. The molecule has 5 rings (SSSR count). The highest BCUT2D eigenvalue weighted by Crippen LogP contribution is 2.31. The van der Waals surface area contributed by atoms with E-state index in [0.717, 1.165) is 50.3 Å². The highest BCUT2D eigenvalue weighted by molar-refractivity contribution is 5.99. The molecular weight excluding hydrogens is 546 g/mol. The summed E-state index contributed by atoms with van der Waals surface area (Å²) < 4.78 is 5.52. The summed E-state index contributed by atoms with van der Waals surface area (Å²) in [5, 5.41) is 33.6. The van der Waals surface area contributed by atoms with Gasteiger partial charge in [0.1, 0.15) is 17.2 Å². The van der Waals surface area contributed by atoms with Crippen LogP contribution in [0, 0.1) is 5.41 Å². The zero-order chi connectivity index (χ0) is 30.6. The number of nitrogens with zero attached hydrogens (tertiary/aromatic N) is 6. The van der Waals surface area contributed by atoms with Crippen molar-refractivity contribution in [1.29, 1.82) is 5.41 Å². The molecule has 0 spiro atoms. The highest BCUT2D eigenvalue weighted by Gasteiger charge is 2.28. The van der Waals surface area contributed by atoms with Crippen LogP contribution in [0.3, 0.4) is 0 Å². The maximum absolute atomic E-state index is 12.4. The van der Waals surface area contributed by atoms with Gasteiger partial charge < -0.3 is 30.3 Å². The Kier molecular flexibility index (Phi) is 8.93. The Morgan fingerprint density at radius 2 is 1.70 bits per heavy atom. The average Bonchev–Trinajstić information content (AvgIpc) is 3.01. The molecule has 228 valence electrons. The molecule has 1 aromatic carbocycles. The molecular formula is C31H41N9O3. The van der Waals surface area contributed by atoms with Crippen LogP contribution in [0.5, 0.6) is 5.75 Å². The Hall–Kier alpha value is -4.48. The summed E-state index contributed by atoms with van der Waals surface area (Å²) in [4.78, 5) is 25.8. The Labute approximate surface area is 252 Å². The van der Waals surface area contributed by atoms with E-state index in [-0.39, 0.29) is 23.7 Å². The lowest BCUT2D eigenvalue weighted by atomic mass is 9.91. The summed E-state index contributed by atoms with van der Waals surface area (Å²) in [6.07, 6.45) is 7.05. The molecule has 43 heavy (non-hydrogen) atoms. The van der Waals surface area contributed by atoms with Gasteiger partial charge in [-0.05, 0) is 76.1 Å². The molecule has 2 aliphatic heterocycles. The lowest BCUT2D eigenvalue weighted by Crippen LogP contribution is -2.41. The third-order valence-electron chi connectivity index (χ3n) is 7.87. The number of phenolic OH excluding ortho intramolecular Hbond substituents is 1. The number of benzene rings is 1. The minimum absolute atomic E-state index is 0.129. The number of anilines is 2. The molecule has 1 amide bonds. The smallest absolute Gasteiger partial charge is 0.410 e. The van der Waals surface area contributed by atoms with E-state index in [1.54, 1.807) is 30.1 Å². The minimum atomic E-state index is -0.491. The van der Waals surface area contributed by atoms with Crippen molar-refractivity contribution < 1.29 is 14.6 Å². The number of hydrogen-bond donors (Lipinski definition) is 4. The molecule has 0 radical (unpaired) electrons. The van der Waals surface area contributed by atoms with Gasteiger partial charge in [-0.1, -0.05) is 12.1 Å². The first-order valence-corrected chi connectivity index (χ1v) is 14.9. The van der Waals surface area contributed by atoms with Crippen LogP contribution >= 0.6 is 0 Å². The van der Waals surface area contributed by atoms with Crippen LogP contribution in [0.2, 0.25) is 0 Å². The van der Waals surface area contributed by atoms with E-state index in [0.29, 0.717) is 41.6 Å². The first kappa shape index (κ1) is 30.0. The summed E-state index contributed by atoms with van der Waals surface area (Å²) in [5.41, 5.74) is 2.87. The van der Waals surface area contributed by atoms with Gasteiger partial charge in [0.05, 0.1) is 11.4 Å². The quantitative estimate of drug-likeness (QED) is 0.241. The lowest BCUT2D eigenvalue weighted by molar-refractivity contribution is 0.0204. The highest BCUT2D eigenvalue weighted by atomic mass is 16.6. The third-order valence-corrected chi connectivity index (χ3v) is 7.87. The van der Waals surface area contributed by atoms with Crippen molar-refractivity contribution in [2.75, 3.05) is 43.4 Å². The minimum Gasteiger partial charge on any atom is -0.507 e. The van der Waals surface area contributed by atoms with Gasteiger partial charge in [0.15, 0.2) is 5.69 Å². The number of piperidine rings is 2. The Morgan fingerprint density at radius 1 is 1.02 bits per heavy atom. The maximum atomic E-state index is 12.4. The van der Waals surface area contributed by atoms with Crippen LogP contribution in [0.4, 0.5) is 16.4 Å². The van der Waals surface area contributed by atoms with E-state index in [1.165, 1.54) is 0 Å². The van der Waals surface area contributed by atoms with Crippen LogP contribution in [-0.4, -0.2) is 87.0 Å². The zero-order valence-electron chi connectivity index (χ0n) is 25.3. The van der Waals surface area contributed by atoms with Crippen molar-refractivity contribution in [3.63, 3.8) is 0 Å². The van der Waals surface area contributed by atoms with Gasteiger partial charge in [0, 0.05) is 57.2 Å². The summed E-state index contributed by atoms with van der Waals surface area (Å²) in [5.74, 6) is 1.34. The number of ether oxygens (including phenoxy) is 1. The monoisotopic (exact) mass is 587 g/mol. The molecule has 2 aromatic heterocycles. The van der Waals surface area contributed by atoms with Crippen molar-refractivity contribution in [1.82, 2.24) is 30.4 Å². The Morgan fingerprint density at radius 3 is 2.33 bits per heavy atom. The fourth-order valence-electron chi connectivity index (χ4n) is 5.50. The van der Waals surface area contributed by atoms with Gasteiger partial charge in [0.25, 0.3) is 0 Å². The summed E-state index contributed by atoms with van der Waals surface area (Å²) in [6, 6.07) is 9.02. The SMILES string of the molecule is CNC(=N)c1nnc(-c2ccccc2O)cc1NC1CCN(c2ncc(C3CCN(C(=O)OC(C)(C)C)CC3)cn2)CC1. The summed E-state index contributed by atoms with van der Waals surface area (Å²) in [6.45, 7) is 8.56. The second kappa shape index (κ2) is 12.8. The van der Waals surface area contributed by atoms with Gasteiger partial charge in [-0.3, -0.25) is 5.41 Å². The summed E-state index contributed by atoms with van der Waals surface area (Å²) >= 11 is 0. The van der Waals surface area contributed by atoms with Crippen LogP contribution in [0.25, 0.3) is 11.3 Å². The normalized spacial score (nSPS) is 16.6. The van der Waals surface area contributed by atoms with Gasteiger partial charge in [-0.2, -0.15) is 0 Å². The van der Waals surface area contributed by atoms with E-state index in [2.05, 4.69) is 25.7 Å². The molecule has 0 aliphatic carbocycles. The lowest BCUT2D eigenvalue weighted by Gasteiger charge is -2.34. The standard InChI is InChI=1S/C31H41N9O3/c1-31(2,3)43-30(42)40-13-9-20(10-14-40)21-18-34-29(35-19-21)39-15-11-22(12-16-39)36-25-17-24(23-7-5-6-8-26(23)41)37-38-27(25)28(32)33-4/h5-8,17-20,22,41H,9-16H2,1-4H3,(H2,32,33)(H,36,37). The fraction of sp³-hybridized carbons (Fsp3) is 0.484. The first-order chi connectivity index (χ1) is 20.6. The number of likely N-dealkylation sites (tertiary alicyclic amines) is 1. The second-order valence-electron chi connectivity index (χ2n) is 12.1. The molecule has 3 aromatic rings. The van der Waals surface area contributed by atoms with Crippen molar-refractivity contribution >= 4 is 23.6 Å². The van der Waals surface area contributed by atoms with E-state index >= 15 is 0 Å². The van der Waals surface area contributed by atoms with Gasteiger partial charge in [-0.15, -0.1) is 10.2 Å². The predicted octanol–water partition coefficient (Wildman–Crippen LogP) is 4.38. The number of aromatic nitrogens is 4. The topological polar surface area (TPSA) is 152 Å². The van der Waals surface area contributed by atoms with Crippen LogP contribution in [-0.2, 0) is 4.74 Å². The molecule has 12 heteroatoms. The van der Waals surface area contributed by atoms with Crippen LogP contribution in [0.15, 0.2) is 42.7 Å². The third kappa shape index (κ3) is 7.30.